The van der Waals surface area contributed by atoms with Crippen LogP contribution in [0.15, 0.2) is 18.2 Å². The van der Waals surface area contributed by atoms with Crippen molar-refractivity contribution in [2.75, 3.05) is 39.8 Å². The summed E-state index contributed by atoms with van der Waals surface area (Å²) in [6.45, 7) is 9.08. The molecule has 0 radical (unpaired) electrons. The van der Waals surface area contributed by atoms with E-state index in [-0.39, 0.29) is 17.9 Å². The SMILES string of the molecule is Cc1cc(C)cc(OCCN(C)C(=O)CN2CCC(C(C)O)C2)c1. The number of rotatable bonds is 7. The van der Waals surface area contributed by atoms with Gasteiger partial charge < -0.3 is 14.7 Å². The third-order valence-corrected chi connectivity index (χ3v) is 4.67. The molecule has 5 nitrogen and oxygen atoms in total. The van der Waals surface area contributed by atoms with Crippen molar-refractivity contribution < 1.29 is 14.6 Å². The summed E-state index contributed by atoms with van der Waals surface area (Å²) in [7, 11) is 1.81. The number of likely N-dealkylation sites (tertiary alicyclic amines) is 1. The van der Waals surface area contributed by atoms with Crippen molar-refractivity contribution >= 4 is 5.91 Å². The lowest BCUT2D eigenvalue weighted by Crippen LogP contribution is -2.39. The van der Waals surface area contributed by atoms with E-state index in [1.807, 2.05) is 40.0 Å². The smallest absolute Gasteiger partial charge is 0.236 e. The minimum absolute atomic E-state index is 0.102. The van der Waals surface area contributed by atoms with Crippen LogP contribution in [0.25, 0.3) is 0 Å². The van der Waals surface area contributed by atoms with Crippen LogP contribution in [0.1, 0.15) is 24.5 Å². The van der Waals surface area contributed by atoms with Gasteiger partial charge in [-0.3, -0.25) is 9.69 Å². The summed E-state index contributed by atoms with van der Waals surface area (Å²) in [4.78, 5) is 16.1. The van der Waals surface area contributed by atoms with Crippen LogP contribution < -0.4 is 4.74 Å². The van der Waals surface area contributed by atoms with Crippen LogP contribution >= 0.6 is 0 Å². The predicted octanol–water partition coefficient (Wildman–Crippen LogP) is 1.84. The zero-order valence-corrected chi connectivity index (χ0v) is 15.3. The quantitative estimate of drug-likeness (QED) is 0.827. The van der Waals surface area contributed by atoms with E-state index in [0.717, 1.165) is 25.3 Å². The van der Waals surface area contributed by atoms with Gasteiger partial charge in [0.25, 0.3) is 0 Å². The zero-order valence-electron chi connectivity index (χ0n) is 15.3. The number of aryl methyl sites for hydroxylation is 2. The minimum Gasteiger partial charge on any atom is -0.492 e. The van der Waals surface area contributed by atoms with Crippen molar-refractivity contribution in [3.8, 4) is 5.75 Å². The molecular weight excluding hydrogens is 304 g/mol. The predicted molar refractivity (Wildman–Crippen MR) is 95.3 cm³/mol. The number of aliphatic hydroxyl groups is 1. The molecular formula is C19H30N2O3. The molecule has 2 unspecified atom stereocenters. The molecule has 24 heavy (non-hydrogen) atoms. The maximum atomic E-state index is 12.3. The number of carbonyl (C=O) groups is 1. The second kappa shape index (κ2) is 8.49. The highest BCUT2D eigenvalue weighted by Gasteiger charge is 2.27. The largest absolute Gasteiger partial charge is 0.492 e. The molecule has 1 aromatic carbocycles. The Bertz CT molecular complexity index is 539. The lowest BCUT2D eigenvalue weighted by atomic mass is 10.0. The third kappa shape index (κ3) is 5.49. The number of hydrogen-bond donors (Lipinski definition) is 1. The van der Waals surface area contributed by atoms with Crippen molar-refractivity contribution in [2.45, 2.75) is 33.3 Å². The molecule has 1 aromatic rings. The fraction of sp³-hybridized carbons (Fsp3) is 0.632. The number of ether oxygens (including phenoxy) is 1. The van der Waals surface area contributed by atoms with Gasteiger partial charge in [-0.2, -0.15) is 0 Å². The first kappa shape index (κ1) is 18.7. The zero-order chi connectivity index (χ0) is 17.7. The number of likely N-dealkylation sites (N-methyl/N-ethyl adjacent to an activating group) is 1. The first-order valence-electron chi connectivity index (χ1n) is 8.70. The molecule has 0 spiro atoms. The lowest BCUT2D eigenvalue weighted by molar-refractivity contribution is -0.131. The summed E-state index contributed by atoms with van der Waals surface area (Å²) in [5, 5.41) is 9.64. The van der Waals surface area contributed by atoms with E-state index in [1.54, 1.807) is 4.90 Å². The first-order valence-corrected chi connectivity index (χ1v) is 8.70. The average Bonchev–Trinajstić information content (AvgIpc) is 2.94. The van der Waals surface area contributed by atoms with Crippen molar-refractivity contribution in [1.82, 2.24) is 9.80 Å². The normalized spacial score (nSPS) is 19.3. The van der Waals surface area contributed by atoms with Crippen molar-refractivity contribution in [3.05, 3.63) is 29.3 Å². The van der Waals surface area contributed by atoms with Gasteiger partial charge in [0.2, 0.25) is 5.91 Å². The fourth-order valence-corrected chi connectivity index (χ4v) is 3.15. The minimum atomic E-state index is -0.297. The van der Waals surface area contributed by atoms with Gasteiger partial charge in [-0.1, -0.05) is 6.07 Å². The standard InChI is InChI=1S/C19H30N2O3/c1-14-9-15(2)11-18(10-14)24-8-7-20(4)19(23)13-21-6-5-17(12-21)16(3)22/h9-11,16-17,22H,5-8,12-13H2,1-4H3. The molecule has 1 heterocycles. The van der Waals surface area contributed by atoms with E-state index in [2.05, 4.69) is 11.0 Å². The first-order chi connectivity index (χ1) is 11.3. The molecule has 0 saturated carbocycles. The number of carbonyl (C=O) groups excluding carboxylic acids is 1. The molecule has 0 bridgehead atoms. The fourth-order valence-electron chi connectivity index (χ4n) is 3.15. The summed E-state index contributed by atoms with van der Waals surface area (Å²) < 4.78 is 5.77. The number of amides is 1. The highest BCUT2D eigenvalue weighted by Crippen LogP contribution is 2.19. The van der Waals surface area contributed by atoms with E-state index in [0.29, 0.717) is 19.7 Å². The molecule has 2 atom stereocenters. The Morgan fingerprint density at radius 2 is 2.04 bits per heavy atom. The molecule has 1 saturated heterocycles. The Kier molecular flexibility index (Phi) is 6.63. The summed E-state index contributed by atoms with van der Waals surface area (Å²) in [6, 6.07) is 6.13. The molecule has 1 aliphatic heterocycles. The van der Waals surface area contributed by atoms with E-state index in [4.69, 9.17) is 4.74 Å². The molecule has 1 fully saturated rings. The van der Waals surface area contributed by atoms with Gasteiger partial charge in [-0.25, -0.2) is 0 Å². The van der Waals surface area contributed by atoms with Crippen LogP contribution in [-0.2, 0) is 4.79 Å². The Morgan fingerprint density at radius 1 is 1.38 bits per heavy atom. The molecule has 1 amide bonds. The van der Waals surface area contributed by atoms with Gasteiger partial charge in [-0.05, 0) is 62.9 Å². The maximum absolute atomic E-state index is 12.3. The van der Waals surface area contributed by atoms with E-state index < -0.39 is 0 Å². The molecule has 134 valence electrons. The number of aliphatic hydroxyl groups excluding tert-OH is 1. The third-order valence-electron chi connectivity index (χ3n) is 4.67. The highest BCUT2D eigenvalue weighted by atomic mass is 16.5. The summed E-state index contributed by atoms with van der Waals surface area (Å²) in [5.41, 5.74) is 2.35. The van der Waals surface area contributed by atoms with Crippen LogP contribution in [0.4, 0.5) is 0 Å². The topological polar surface area (TPSA) is 53.0 Å². The Hall–Kier alpha value is -1.59. The molecule has 5 heteroatoms. The Labute approximate surface area is 145 Å². The van der Waals surface area contributed by atoms with Crippen LogP contribution in [0.5, 0.6) is 5.75 Å². The van der Waals surface area contributed by atoms with E-state index in [1.165, 1.54) is 11.1 Å². The monoisotopic (exact) mass is 334 g/mol. The second-order valence-corrected chi connectivity index (χ2v) is 7.01. The maximum Gasteiger partial charge on any atom is 0.236 e. The summed E-state index contributed by atoms with van der Waals surface area (Å²) in [5.74, 6) is 1.24. The Balaban J connectivity index is 1.72. The molecule has 1 aliphatic rings. The van der Waals surface area contributed by atoms with E-state index >= 15 is 0 Å². The Morgan fingerprint density at radius 3 is 2.62 bits per heavy atom. The molecule has 1 N–H and O–H groups in total. The van der Waals surface area contributed by atoms with Gasteiger partial charge in [0.15, 0.2) is 0 Å². The van der Waals surface area contributed by atoms with Gasteiger partial charge in [0.05, 0.1) is 19.2 Å². The van der Waals surface area contributed by atoms with Crippen LogP contribution in [-0.4, -0.2) is 66.8 Å². The second-order valence-electron chi connectivity index (χ2n) is 7.01. The molecule has 0 aliphatic carbocycles. The van der Waals surface area contributed by atoms with Crippen LogP contribution in [0.3, 0.4) is 0 Å². The number of nitrogens with zero attached hydrogens (tertiary/aromatic N) is 2. The highest BCUT2D eigenvalue weighted by molar-refractivity contribution is 5.78. The number of hydrogen-bond acceptors (Lipinski definition) is 4. The lowest BCUT2D eigenvalue weighted by Gasteiger charge is -2.22. The molecule has 0 aromatic heterocycles. The van der Waals surface area contributed by atoms with Gasteiger partial charge in [0.1, 0.15) is 12.4 Å². The summed E-state index contributed by atoms with van der Waals surface area (Å²) in [6.07, 6.45) is 0.666. The van der Waals surface area contributed by atoms with Crippen LogP contribution in [0, 0.1) is 19.8 Å². The average molecular weight is 334 g/mol. The van der Waals surface area contributed by atoms with Crippen molar-refractivity contribution in [2.24, 2.45) is 5.92 Å². The van der Waals surface area contributed by atoms with Gasteiger partial charge >= 0.3 is 0 Å². The number of benzene rings is 1. The van der Waals surface area contributed by atoms with Crippen molar-refractivity contribution in [3.63, 3.8) is 0 Å². The molecule has 2 rings (SSSR count). The van der Waals surface area contributed by atoms with E-state index in [9.17, 15) is 9.90 Å². The van der Waals surface area contributed by atoms with Gasteiger partial charge in [0, 0.05) is 13.6 Å². The van der Waals surface area contributed by atoms with Crippen molar-refractivity contribution in [1.29, 1.82) is 0 Å². The van der Waals surface area contributed by atoms with Gasteiger partial charge in [-0.15, -0.1) is 0 Å². The summed E-state index contributed by atoms with van der Waals surface area (Å²) >= 11 is 0. The van der Waals surface area contributed by atoms with Crippen LogP contribution in [0.2, 0.25) is 0 Å².